The third-order valence-electron chi connectivity index (χ3n) is 3.99. The smallest absolute Gasteiger partial charge is 0.319 e. The van der Waals surface area contributed by atoms with Crippen molar-refractivity contribution in [1.82, 2.24) is 20.2 Å². The molecule has 1 aromatic carbocycles. The normalized spacial score (nSPS) is 14.9. The second kappa shape index (κ2) is 8.55. The van der Waals surface area contributed by atoms with E-state index in [1.807, 2.05) is 31.2 Å². The van der Waals surface area contributed by atoms with E-state index in [-0.39, 0.29) is 6.03 Å². The van der Waals surface area contributed by atoms with Gasteiger partial charge in [0.15, 0.2) is 0 Å². The van der Waals surface area contributed by atoms with Gasteiger partial charge >= 0.3 is 6.03 Å². The number of carbonyl (C=O) groups excluding carboxylic acids is 1. The fourth-order valence-electron chi connectivity index (χ4n) is 2.57. The highest BCUT2D eigenvalue weighted by Crippen LogP contribution is 2.12. The maximum Gasteiger partial charge on any atom is 0.319 e. The average molecular weight is 341 g/mol. The van der Waals surface area contributed by atoms with Crippen LogP contribution < -0.4 is 10.6 Å². The molecule has 2 aromatic rings. The van der Waals surface area contributed by atoms with Crippen LogP contribution in [0.3, 0.4) is 0 Å². The van der Waals surface area contributed by atoms with Gasteiger partial charge in [-0.15, -0.1) is 0 Å². The van der Waals surface area contributed by atoms with Gasteiger partial charge in [0.1, 0.15) is 0 Å². The molecular weight excluding hydrogens is 318 g/mol. The van der Waals surface area contributed by atoms with Gasteiger partial charge in [0.25, 0.3) is 0 Å². The Balaban J connectivity index is 1.45. The van der Waals surface area contributed by atoms with E-state index in [0.717, 1.165) is 49.9 Å². The number of nitrogens with one attached hydrogen (secondary N) is 2. The lowest BCUT2D eigenvalue weighted by molar-refractivity contribution is 0.0342. The minimum atomic E-state index is -0.261. The number of rotatable bonds is 5. The van der Waals surface area contributed by atoms with Crippen molar-refractivity contribution in [3.8, 4) is 0 Å². The van der Waals surface area contributed by atoms with E-state index in [1.54, 1.807) is 12.4 Å². The summed E-state index contributed by atoms with van der Waals surface area (Å²) in [6, 6.07) is 7.65. The van der Waals surface area contributed by atoms with E-state index in [4.69, 9.17) is 4.74 Å². The molecule has 0 saturated carbocycles. The van der Waals surface area contributed by atoms with Crippen LogP contribution in [0.15, 0.2) is 36.7 Å². The molecule has 2 amide bonds. The summed E-state index contributed by atoms with van der Waals surface area (Å²) in [6.45, 7) is 6.64. The van der Waals surface area contributed by atoms with E-state index in [2.05, 4.69) is 25.5 Å². The number of anilines is 1. The number of hydrogen-bond donors (Lipinski definition) is 2. The zero-order chi connectivity index (χ0) is 17.5. The predicted molar refractivity (Wildman–Crippen MR) is 95.2 cm³/mol. The molecule has 0 aliphatic carbocycles. The van der Waals surface area contributed by atoms with E-state index in [0.29, 0.717) is 6.54 Å². The molecule has 132 valence electrons. The van der Waals surface area contributed by atoms with Crippen LogP contribution in [-0.4, -0.2) is 47.2 Å². The zero-order valence-corrected chi connectivity index (χ0v) is 14.4. The lowest BCUT2D eigenvalue weighted by atomic mass is 10.2. The number of carbonyl (C=O) groups is 1. The number of aromatic nitrogens is 2. The second-order valence-corrected chi connectivity index (χ2v) is 6.04. The third-order valence-corrected chi connectivity index (χ3v) is 3.99. The van der Waals surface area contributed by atoms with Gasteiger partial charge in [-0.1, -0.05) is 12.1 Å². The number of nitrogens with zero attached hydrogens (tertiary/aromatic N) is 3. The van der Waals surface area contributed by atoms with Gasteiger partial charge in [-0.05, 0) is 24.6 Å². The van der Waals surface area contributed by atoms with Crippen LogP contribution in [0.1, 0.15) is 17.0 Å². The van der Waals surface area contributed by atoms with Crippen molar-refractivity contribution in [2.24, 2.45) is 0 Å². The summed E-state index contributed by atoms with van der Waals surface area (Å²) in [5, 5.41) is 5.60. The number of benzene rings is 1. The highest BCUT2D eigenvalue weighted by molar-refractivity contribution is 5.89. The van der Waals surface area contributed by atoms with Gasteiger partial charge in [0.05, 0.1) is 37.3 Å². The monoisotopic (exact) mass is 341 g/mol. The van der Waals surface area contributed by atoms with E-state index in [9.17, 15) is 4.79 Å². The molecule has 7 heteroatoms. The Kier molecular flexibility index (Phi) is 5.92. The molecule has 0 atom stereocenters. The van der Waals surface area contributed by atoms with Crippen molar-refractivity contribution in [2.75, 3.05) is 31.6 Å². The summed E-state index contributed by atoms with van der Waals surface area (Å²) >= 11 is 0. The van der Waals surface area contributed by atoms with Crippen molar-refractivity contribution < 1.29 is 9.53 Å². The summed E-state index contributed by atoms with van der Waals surface area (Å²) in [6.07, 6.45) is 3.35. The third kappa shape index (κ3) is 5.51. The number of ether oxygens (including phenoxy) is 1. The summed E-state index contributed by atoms with van der Waals surface area (Å²) in [4.78, 5) is 22.7. The topological polar surface area (TPSA) is 79.4 Å². The maximum absolute atomic E-state index is 12.0. The highest BCUT2D eigenvalue weighted by Gasteiger charge is 2.10. The zero-order valence-electron chi connectivity index (χ0n) is 14.4. The summed E-state index contributed by atoms with van der Waals surface area (Å²) in [7, 11) is 0. The van der Waals surface area contributed by atoms with Gasteiger partial charge in [-0.3, -0.25) is 14.9 Å². The molecule has 0 bridgehead atoms. The molecular formula is C18H23N5O2. The number of hydrogen-bond acceptors (Lipinski definition) is 5. The molecule has 0 spiro atoms. The van der Waals surface area contributed by atoms with Crippen molar-refractivity contribution >= 4 is 11.7 Å². The maximum atomic E-state index is 12.0. The van der Waals surface area contributed by atoms with Gasteiger partial charge < -0.3 is 15.4 Å². The van der Waals surface area contributed by atoms with Crippen LogP contribution in [0.4, 0.5) is 10.5 Å². The minimum Gasteiger partial charge on any atom is -0.379 e. The van der Waals surface area contributed by atoms with E-state index < -0.39 is 0 Å². The number of urea groups is 1. The van der Waals surface area contributed by atoms with Gasteiger partial charge in [-0.25, -0.2) is 4.79 Å². The lowest BCUT2D eigenvalue weighted by Gasteiger charge is -2.26. The fourth-order valence-corrected chi connectivity index (χ4v) is 2.57. The van der Waals surface area contributed by atoms with Crippen molar-refractivity contribution in [3.05, 3.63) is 53.6 Å². The molecule has 1 saturated heterocycles. The molecule has 1 aliphatic heterocycles. The average Bonchev–Trinajstić information content (AvgIpc) is 2.64. The minimum absolute atomic E-state index is 0.261. The first-order valence-electron chi connectivity index (χ1n) is 8.40. The predicted octanol–water partition coefficient (Wildman–Crippen LogP) is 1.94. The highest BCUT2D eigenvalue weighted by atomic mass is 16.5. The molecule has 25 heavy (non-hydrogen) atoms. The van der Waals surface area contributed by atoms with Gasteiger partial charge in [-0.2, -0.15) is 0 Å². The first kappa shape index (κ1) is 17.3. The number of morpholine rings is 1. The SMILES string of the molecule is Cc1cnc(CNC(=O)Nc2ccc(CN3CCOCC3)cc2)cn1. The number of amides is 2. The van der Waals surface area contributed by atoms with Crippen LogP contribution in [0, 0.1) is 6.92 Å². The summed E-state index contributed by atoms with van der Waals surface area (Å²) < 4.78 is 5.36. The van der Waals surface area contributed by atoms with Crippen LogP contribution >= 0.6 is 0 Å². The second-order valence-electron chi connectivity index (χ2n) is 6.04. The molecule has 7 nitrogen and oxygen atoms in total. The first-order valence-corrected chi connectivity index (χ1v) is 8.40. The molecule has 2 N–H and O–H groups in total. The Morgan fingerprint density at radius 2 is 1.92 bits per heavy atom. The van der Waals surface area contributed by atoms with Crippen LogP contribution in [0.25, 0.3) is 0 Å². The number of aryl methyl sites for hydroxylation is 1. The molecule has 3 rings (SSSR count). The Morgan fingerprint density at radius 1 is 1.16 bits per heavy atom. The van der Waals surface area contributed by atoms with E-state index in [1.165, 1.54) is 5.56 Å². The summed E-state index contributed by atoms with van der Waals surface area (Å²) in [5.74, 6) is 0. The Morgan fingerprint density at radius 3 is 2.60 bits per heavy atom. The fraction of sp³-hybridized carbons (Fsp3) is 0.389. The Labute approximate surface area is 147 Å². The van der Waals surface area contributed by atoms with Crippen molar-refractivity contribution in [3.63, 3.8) is 0 Å². The lowest BCUT2D eigenvalue weighted by Crippen LogP contribution is -2.35. The molecule has 2 heterocycles. The van der Waals surface area contributed by atoms with E-state index >= 15 is 0 Å². The van der Waals surface area contributed by atoms with Crippen molar-refractivity contribution in [2.45, 2.75) is 20.0 Å². The van der Waals surface area contributed by atoms with Crippen LogP contribution in [0.2, 0.25) is 0 Å². The molecule has 1 fully saturated rings. The standard InChI is InChI=1S/C18H23N5O2/c1-14-10-20-17(11-19-14)12-21-18(24)22-16-4-2-15(3-5-16)13-23-6-8-25-9-7-23/h2-5,10-11H,6-9,12-13H2,1H3,(H2,21,22,24). The van der Waals surface area contributed by atoms with Crippen LogP contribution in [0.5, 0.6) is 0 Å². The Bertz CT molecular complexity index is 682. The summed E-state index contributed by atoms with van der Waals surface area (Å²) in [5.41, 5.74) is 3.56. The van der Waals surface area contributed by atoms with Crippen molar-refractivity contribution in [1.29, 1.82) is 0 Å². The van der Waals surface area contributed by atoms with Gasteiger partial charge in [0, 0.05) is 31.5 Å². The quantitative estimate of drug-likeness (QED) is 0.869. The Hall–Kier alpha value is -2.51. The molecule has 1 aliphatic rings. The molecule has 0 unspecified atom stereocenters. The van der Waals surface area contributed by atoms with Gasteiger partial charge in [0.2, 0.25) is 0 Å². The first-order chi connectivity index (χ1) is 12.2. The van der Waals surface area contributed by atoms with Crippen LogP contribution in [-0.2, 0) is 17.8 Å². The molecule has 0 radical (unpaired) electrons. The molecule has 1 aromatic heterocycles. The largest absolute Gasteiger partial charge is 0.379 e.